The topological polar surface area (TPSA) is 80.5 Å². The number of thiazole rings is 1. The molecule has 7 heteroatoms. The summed E-state index contributed by atoms with van der Waals surface area (Å²) in [5, 5.41) is 5.57. The van der Waals surface area contributed by atoms with E-state index in [1.165, 1.54) is 11.3 Å². The van der Waals surface area contributed by atoms with Gasteiger partial charge in [-0.2, -0.15) is 0 Å². The third-order valence-corrected chi connectivity index (χ3v) is 6.67. The monoisotopic (exact) mass is 470 g/mol. The fraction of sp³-hybridized carbons (Fsp3) is 0.185. The van der Waals surface area contributed by atoms with Crippen LogP contribution in [0.5, 0.6) is 0 Å². The molecule has 3 N–H and O–H groups in total. The molecule has 1 aliphatic rings. The molecule has 0 unspecified atom stereocenters. The quantitative estimate of drug-likeness (QED) is 0.405. The number of carbonyl (C=O) groups is 1. The summed E-state index contributed by atoms with van der Waals surface area (Å²) in [6.07, 6.45) is 0. The van der Waals surface area contributed by atoms with Gasteiger partial charge in [-0.15, -0.1) is 11.3 Å². The smallest absolute Gasteiger partial charge is 0.255 e. The molecule has 0 aliphatic carbocycles. The Morgan fingerprint density at radius 1 is 1.03 bits per heavy atom. The van der Waals surface area contributed by atoms with E-state index in [9.17, 15) is 4.79 Å². The molecule has 0 bridgehead atoms. The lowest BCUT2D eigenvalue weighted by atomic mass is 9.96. The van der Waals surface area contributed by atoms with Crippen LogP contribution < -0.4 is 16.0 Å². The van der Waals surface area contributed by atoms with Crippen molar-refractivity contribution in [3.05, 3.63) is 83.2 Å². The minimum absolute atomic E-state index is 0.130. The Morgan fingerprint density at radius 3 is 2.53 bits per heavy atom. The number of amides is 1. The molecule has 3 aromatic carbocycles. The van der Waals surface area contributed by atoms with Gasteiger partial charge in [0, 0.05) is 41.0 Å². The van der Waals surface area contributed by atoms with E-state index in [1.807, 2.05) is 53.9 Å². The number of ether oxygens (including phenoxy) is 1. The second kappa shape index (κ2) is 9.67. The lowest BCUT2D eigenvalue weighted by molar-refractivity contribution is 0.102. The molecule has 5 rings (SSSR count). The second-order valence-electron chi connectivity index (χ2n) is 8.28. The fourth-order valence-electron chi connectivity index (χ4n) is 4.12. The van der Waals surface area contributed by atoms with Crippen molar-refractivity contribution in [3.63, 3.8) is 0 Å². The zero-order chi connectivity index (χ0) is 23.5. The van der Waals surface area contributed by atoms with E-state index >= 15 is 0 Å². The summed E-state index contributed by atoms with van der Waals surface area (Å²) in [4.78, 5) is 19.7. The SMILES string of the molecule is Cc1ccc(C(=O)Nc2cccc(N3CCOCC3)c2)cc1-c1ccc(-c2csc(N)n2)cc1. The van der Waals surface area contributed by atoms with Crippen molar-refractivity contribution in [1.82, 2.24) is 4.98 Å². The molecule has 1 saturated heterocycles. The molecule has 34 heavy (non-hydrogen) atoms. The van der Waals surface area contributed by atoms with Crippen LogP contribution in [0.1, 0.15) is 15.9 Å². The number of nitrogens with zero attached hydrogens (tertiary/aromatic N) is 2. The molecule has 4 aromatic rings. The number of hydrogen-bond donors (Lipinski definition) is 2. The Labute approximate surface area is 203 Å². The molecule has 2 heterocycles. The average molecular weight is 471 g/mol. The minimum Gasteiger partial charge on any atom is -0.378 e. The lowest BCUT2D eigenvalue weighted by Gasteiger charge is -2.29. The van der Waals surface area contributed by atoms with Gasteiger partial charge in [-0.05, 0) is 53.9 Å². The first-order valence-electron chi connectivity index (χ1n) is 11.2. The summed E-state index contributed by atoms with van der Waals surface area (Å²) >= 11 is 1.43. The summed E-state index contributed by atoms with van der Waals surface area (Å²) in [5.41, 5.74) is 13.3. The Bertz CT molecular complexity index is 1310. The van der Waals surface area contributed by atoms with Crippen LogP contribution in [0.4, 0.5) is 16.5 Å². The first-order valence-corrected chi connectivity index (χ1v) is 12.1. The number of hydrogen-bond acceptors (Lipinski definition) is 6. The molecular formula is C27H26N4O2S. The molecule has 1 fully saturated rings. The van der Waals surface area contributed by atoms with Crippen molar-refractivity contribution in [2.24, 2.45) is 0 Å². The molecular weight excluding hydrogens is 444 g/mol. The van der Waals surface area contributed by atoms with E-state index in [1.54, 1.807) is 0 Å². The number of nitrogens with two attached hydrogens (primary N) is 1. The maximum absolute atomic E-state index is 13.1. The summed E-state index contributed by atoms with van der Waals surface area (Å²) in [7, 11) is 0. The van der Waals surface area contributed by atoms with Gasteiger partial charge in [-0.25, -0.2) is 4.98 Å². The van der Waals surface area contributed by atoms with Gasteiger partial charge in [0.05, 0.1) is 18.9 Å². The Hall–Kier alpha value is -3.68. The lowest BCUT2D eigenvalue weighted by Crippen LogP contribution is -2.36. The number of anilines is 3. The molecule has 0 saturated carbocycles. The van der Waals surface area contributed by atoms with Crippen LogP contribution in [0, 0.1) is 6.92 Å². The van der Waals surface area contributed by atoms with Crippen LogP contribution in [0.25, 0.3) is 22.4 Å². The number of nitrogen functional groups attached to an aromatic ring is 1. The Balaban J connectivity index is 1.35. The summed E-state index contributed by atoms with van der Waals surface area (Å²) < 4.78 is 5.44. The minimum atomic E-state index is -0.130. The standard InChI is InChI=1S/C27H26N4O2S/c1-18-5-6-21(15-24(18)19-7-9-20(10-8-19)25-17-34-27(28)30-25)26(32)29-22-3-2-4-23(16-22)31-11-13-33-14-12-31/h2-10,15-17H,11-14H2,1H3,(H2,28,30)(H,29,32). The van der Waals surface area contributed by atoms with Crippen LogP contribution in [-0.2, 0) is 4.74 Å². The number of benzene rings is 3. The fourth-order valence-corrected chi connectivity index (χ4v) is 4.69. The van der Waals surface area contributed by atoms with Crippen molar-refractivity contribution in [3.8, 4) is 22.4 Å². The van der Waals surface area contributed by atoms with Crippen molar-refractivity contribution in [2.45, 2.75) is 6.92 Å². The normalized spacial score (nSPS) is 13.6. The van der Waals surface area contributed by atoms with Gasteiger partial charge in [0.1, 0.15) is 0 Å². The van der Waals surface area contributed by atoms with E-state index in [-0.39, 0.29) is 5.91 Å². The predicted molar refractivity (Wildman–Crippen MR) is 140 cm³/mol. The third-order valence-electron chi connectivity index (χ3n) is 5.99. The van der Waals surface area contributed by atoms with Crippen LogP contribution in [0.15, 0.2) is 72.1 Å². The second-order valence-corrected chi connectivity index (χ2v) is 9.17. The summed E-state index contributed by atoms with van der Waals surface area (Å²) in [6.45, 7) is 5.21. The average Bonchev–Trinajstić information content (AvgIpc) is 3.31. The Kier molecular flexibility index (Phi) is 6.29. The maximum atomic E-state index is 13.1. The first kappa shape index (κ1) is 22.1. The molecule has 1 aromatic heterocycles. The van der Waals surface area contributed by atoms with Crippen LogP contribution in [-0.4, -0.2) is 37.2 Å². The highest BCUT2D eigenvalue weighted by atomic mass is 32.1. The molecule has 172 valence electrons. The van der Waals surface area contributed by atoms with Gasteiger partial charge in [-0.3, -0.25) is 4.79 Å². The number of nitrogens with one attached hydrogen (secondary N) is 1. The number of aromatic nitrogens is 1. The van der Waals surface area contributed by atoms with Crippen LogP contribution >= 0.6 is 11.3 Å². The zero-order valence-electron chi connectivity index (χ0n) is 19.0. The van der Waals surface area contributed by atoms with Crippen LogP contribution in [0.2, 0.25) is 0 Å². The van der Waals surface area contributed by atoms with E-state index in [0.717, 1.165) is 65.6 Å². The van der Waals surface area contributed by atoms with Crippen LogP contribution in [0.3, 0.4) is 0 Å². The van der Waals surface area contributed by atoms with E-state index < -0.39 is 0 Å². The Morgan fingerprint density at radius 2 is 1.79 bits per heavy atom. The number of aryl methyl sites for hydroxylation is 1. The molecule has 0 radical (unpaired) electrons. The van der Waals surface area contributed by atoms with Gasteiger partial charge < -0.3 is 20.7 Å². The largest absolute Gasteiger partial charge is 0.378 e. The molecule has 1 aliphatic heterocycles. The highest BCUT2D eigenvalue weighted by Crippen LogP contribution is 2.29. The molecule has 0 atom stereocenters. The maximum Gasteiger partial charge on any atom is 0.255 e. The summed E-state index contributed by atoms with van der Waals surface area (Å²) in [6, 6.07) is 22.0. The van der Waals surface area contributed by atoms with Crippen molar-refractivity contribution in [1.29, 1.82) is 0 Å². The van der Waals surface area contributed by atoms with Crippen molar-refractivity contribution >= 4 is 33.8 Å². The number of morpholine rings is 1. The first-order chi connectivity index (χ1) is 16.6. The number of carbonyl (C=O) groups excluding carboxylic acids is 1. The van der Waals surface area contributed by atoms with Crippen molar-refractivity contribution in [2.75, 3.05) is 42.3 Å². The highest BCUT2D eigenvalue weighted by molar-refractivity contribution is 7.13. The van der Waals surface area contributed by atoms with E-state index in [4.69, 9.17) is 10.5 Å². The van der Waals surface area contributed by atoms with Gasteiger partial charge >= 0.3 is 0 Å². The van der Waals surface area contributed by atoms with E-state index in [2.05, 4.69) is 40.3 Å². The number of rotatable bonds is 5. The highest BCUT2D eigenvalue weighted by Gasteiger charge is 2.14. The third kappa shape index (κ3) is 4.81. The summed E-state index contributed by atoms with van der Waals surface area (Å²) in [5.74, 6) is -0.130. The van der Waals surface area contributed by atoms with Crippen molar-refractivity contribution < 1.29 is 9.53 Å². The van der Waals surface area contributed by atoms with Gasteiger partial charge in [0.15, 0.2) is 5.13 Å². The molecule has 1 amide bonds. The zero-order valence-corrected chi connectivity index (χ0v) is 19.8. The predicted octanol–water partition coefficient (Wildman–Crippen LogP) is 5.46. The molecule has 0 spiro atoms. The van der Waals surface area contributed by atoms with Gasteiger partial charge in [0.2, 0.25) is 0 Å². The molecule has 6 nitrogen and oxygen atoms in total. The van der Waals surface area contributed by atoms with Gasteiger partial charge in [0.25, 0.3) is 5.91 Å². The van der Waals surface area contributed by atoms with E-state index in [0.29, 0.717) is 10.7 Å². The van der Waals surface area contributed by atoms with Gasteiger partial charge in [-0.1, -0.05) is 36.4 Å².